The van der Waals surface area contributed by atoms with Gasteiger partial charge in [-0.1, -0.05) is 0 Å². The molecular formula is C14H19N3. The van der Waals surface area contributed by atoms with Crippen LogP contribution in [0.1, 0.15) is 18.4 Å². The molecule has 1 saturated heterocycles. The van der Waals surface area contributed by atoms with Gasteiger partial charge in [0.15, 0.2) is 0 Å². The number of nitrogens with zero attached hydrogens (tertiary/aromatic N) is 2. The Kier molecular flexibility index (Phi) is 2.85. The average molecular weight is 229 g/mol. The molecule has 17 heavy (non-hydrogen) atoms. The van der Waals surface area contributed by atoms with E-state index in [-0.39, 0.29) is 0 Å². The number of aryl methyl sites for hydroxylation is 1. The van der Waals surface area contributed by atoms with Gasteiger partial charge in [-0.25, -0.2) is 0 Å². The molecule has 0 radical (unpaired) electrons. The van der Waals surface area contributed by atoms with Crippen molar-refractivity contribution in [1.29, 1.82) is 0 Å². The highest BCUT2D eigenvalue weighted by molar-refractivity contribution is 5.82. The summed E-state index contributed by atoms with van der Waals surface area (Å²) in [5.74, 6) is 0.794. The summed E-state index contributed by atoms with van der Waals surface area (Å²) in [5.41, 5.74) is 2.71. The number of hydrogen-bond acceptors (Lipinski definition) is 2. The van der Waals surface area contributed by atoms with Crippen LogP contribution < -0.4 is 5.32 Å². The molecule has 90 valence electrons. The minimum absolute atomic E-state index is 0.794. The second kappa shape index (κ2) is 4.49. The van der Waals surface area contributed by atoms with Crippen LogP contribution in [0.15, 0.2) is 24.7 Å². The van der Waals surface area contributed by atoms with Gasteiger partial charge in [-0.05, 0) is 49.9 Å². The predicted molar refractivity (Wildman–Crippen MR) is 70.0 cm³/mol. The van der Waals surface area contributed by atoms with Crippen LogP contribution in [0.25, 0.3) is 10.9 Å². The van der Waals surface area contributed by atoms with Crippen molar-refractivity contribution in [2.45, 2.75) is 19.3 Å². The summed E-state index contributed by atoms with van der Waals surface area (Å²) in [6.07, 6.45) is 9.98. The van der Waals surface area contributed by atoms with Crippen LogP contribution in [0.5, 0.6) is 0 Å². The summed E-state index contributed by atoms with van der Waals surface area (Å²) in [5, 5.41) is 4.86. The lowest BCUT2D eigenvalue weighted by Crippen LogP contribution is -2.30. The van der Waals surface area contributed by atoms with E-state index < -0.39 is 0 Å². The molecule has 2 aromatic heterocycles. The lowest BCUT2D eigenvalue weighted by Gasteiger charge is -2.22. The Morgan fingerprint density at radius 2 is 2.47 bits per heavy atom. The zero-order chi connectivity index (χ0) is 11.7. The standard InChI is InChI=1S/C14H19N3/c1-17-10-12(7-11-3-2-5-15-8-11)13-4-6-16-9-14(13)17/h4,6,9-11,15H,2-3,5,7-8H2,1H3. The fraction of sp³-hybridized carbons (Fsp3) is 0.500. The Morgan fingerprint density at radius 3 is 3.29 bits per heavy atom. The molecule has 1 atom stereocenters. The molecule has 2 aromatic rings. The first kappa shape index (κ1) is 10.8. The Bertz CT molecular complexity index is 509. The van der Waals surface area contributed by atoms with Crippen LogP contribution in [0.4, 0.5) is 0 Å². The zero-order valence-electron chi connectivity index (χ0n) is 10.3. The summed E-state index contributed by atoms with van der Waals surface area (Å²) in [7, 11) is 2.10. The van der Waals surface area contributed by atoms with Gasteiger partial charge in [0.05, 0.1) is 11.7 Å². The molecule has 3 rings (SSSR count). The van der Waals surface area contributed by atoms with Gasteiger partial charge in [0.25, 0.3) is 0 Å². The monoisotopic (exact) mass is 229 g/mol. The number of nitrogens with one attached hydrogen (secondary N) is 1. The van der Waals surface area contributed by atoms with Crippen molar-refractivity contribution in [3.05, 3.63) is 30.2 Å². The molecule has 1 fully saturated rings. The number of hydrogen-bond donors (Lipinski definition) is 1. The molecule has 3 heteroatoms. The summed E-state index contributed by atoms with van der Waals surface area (Å²) in [4.78, 5) is 4.20. The maximum atomic E-state index is 4.20. The van der Waals surface area contributed by atoms with E-state index in [2.05, 4.69) is 34.2 Å². The van der Waals surface area contributed by atoms with Crippen LogP contribution in [-0.2, 0) is 13.5 Å². The van der Waals surface area contributed by atoms with Gasteiger partial charge in [-0.3, -0.25) is 4.98 Å². The maximum absolute atomic E-state index is 4.20. The van der Waals surface area contributed by atoms with Gasteiger partial charge in [0.2, 0.25) is 0 Å². The van der Waals surface area contributed by atoms with Crippen molar-refractivity contribution in [3.8, 4) is 0 Å². The molecule has 3 nitrogen and oxygen atoms in total. The van der Waals surface area contributed by atoms with Crippen molar-refractivity contribution in [2.24, 2.45) is 13.0 Å². The van der Waals surface area contributed by atoms with Gasteiger partial charge < -0.3 is 9.88 Å². The van der Waals surface area contributed by atoms with E-state index in [1.165, 1.54) is 48.8 Å². The minimum atomic E-state index is 0.794. The number of aromatic nitrogens is 2. The molecule has 3 heterocycles. The highest BCUT2D eigenvalue weighted by Crippen LogP contribution is 2.24. The second-order valence-corrected chi connectivity index (χ2v) is 5.07. The van der Waals surface area contributed by atoms with E-state index in [4.69, 9.17) is 0 Å². The van der Waals surface area contributed by atoms with E-state index in [1.807, 2.05) is 12.4 Å². The molecule has 0 bridgehead atoms. The lowest BCUT2D eigenvalue weighted by molar-refractivity contribution is 0.376. The van der Waals surface area contributed by atoms with Gasteiger partial charge >= 0.3 is 0 Å². The topological polar surface area (TPSA) is 29.9 Å². The van der Waals surface area contributed by atoms with Gasteiger partial charge in [0.1, 0.15) is 0 Å². The third kappa shape index (κ3) is 2.07. The molecule has 1 aliphatic rings. The zero-order valence-corrected chi connectivity index (χ0v) is 10.3. The lowest BCUT2D eigenvalue weighted by atomic mass is 9.92. The molecule has 0 amide bonds. The van der Waals surface area contributed by atoms with Gasteiger partial charge in [-0.15, -0.1) is 0 Å². The van der Waals surface area contributed by atoms with E-state index in [0.717, 1.165) is 5.92 Å². The molecular weight excluding hydrogens is 210 g/mol. The molecule has 0 saturated carbocycles. The quantitative estimate of drug-likeness (QED) is 0.855. The van der Waals surface area contributed by atoms with Crippen molar-refractivity contribution in [1.82, 2.24) is 14.9 Å². The predicted octanol–water partition coefficient (Wildman–Crippen LogP) is 2.12. The second-order valence-electron chi connectivity index (χ2n) is 5.07. The SMILES string of the molecule is Cn1cc(CC2CCCNC2)c2ccncc21. The Hall–Kier alpha value is -1.35. The number of rotatable bonds is 2. The van der Waals surface area contributed by atoms with E-state index >= 15 is 0 Å². The third-order valence-corrected chi connectivity index (χ3v) is 3.78. The highest BCUT2D eigenvalue weighted by Gasteiger charge is 2.16. The first-order chi connectivity index (χ1) is 8.34. The third-order valence-electron chi connectivity index (χ3n) is 3.78. The first-order valence-corrected chi connectivity index (χ1v) is 6.43. The van der Waals surface area contributed by atoms with Gasteiger partial charge in [-0.2, -0.15) is 0 Å². The fourth-order valence-electron chi connectivity index (χ4n) is 2.88. The molecule has 1 N–H and O–H groups in total. The van der Waals surface area contributed by atoms with Crippen LogP contribution in [-0.4, -0.2) is 22.6 Å². The van der Waals surface area contributed by atoms with Crippen molar-refractivity contribution < 1.29 is 0 Å². The van der Waals surface area contributed by atoms with Crippen molar-refractivity contribution in [2.75, 3.05) is 13.1 Å². The average Bonchev–Trinajstić information content (AvgIpc) is 2.69. The van der Waals surface area contributed by atoms with Crippen molar-refractivity contribution >= 4 is 10.9 Å². The smallest absolute Gasteiger partial charge is 0.0666 e. The first-order valence-electron chi connectivity index (χ1n) is 6.43. The van der Waals surface area contributed by atoms with E-state index in [0.29, 0.717) is 0 Å². The number of pyridine rings is 1. The summed E-state index contributed by atoms with van der Waals surface area (Å²) >= 11 is 0. The normalized spacial score (nSPS) is 20.9. The van der Waals surface area contributed by atoms with Crippen LogP contribution in [0.3, 0.4) is 0 Å². The minimum Gasteiger partial charge on any atom is -0.349 e. The Balaban J connectivity index is 1.89. The molecule has 1 unspecified atom stereocenters. The highest BCUT2D eigenvalue weighted by atomic mass is 14.9. The van der Waals surface area contributed by atoms with E-state index in [9.17, 15) is 0 Å². The number of piperidine rings is 1. The largest absolute Gasteiger partial charge is 0.349 e. The number of fused-ring (bicyclic) bond motifs is 1. The molecule has 1 aliphatic heterocycles. The van der Waals surface area contributed by atoms with Crippen LogP contribution in [0, 0.1) is 5.92 Å². The summed E-state index contributed by atoms with van der Waals surface area (Å²) in [6.45, 7) is 2.36. The summed E-state index contributed by atoms with van der Waals surface area (Å²) in [6, 6.07) is 2.14. The molecule has 0 aromatic carbocycles. The Morgan fingerprint density at radius 1 is 1.53 bits per heavy atom. The molecule has 0 aliphatic carbocycles. The van der Waals surface area contributed by atoms with Crippen molar-refractivity contribution in [3.63, 3.8) is 0 Å². The van der Waals surface area contributed by atoms with Crippen LogP contribution in [0.2, 0.25) is 0 Å². The van der Waals surface area contributed by atoms with Crippen LogP contribution >= 0.6 is 0 Å². The molecule has 0 spiro atoms. The summed E-state index contributed by atoms with van der Waals surface area (Å²) < 4.78 is 2.19. The fourth-order valence-corrected chi connectivity index (χ4v) is 2.88. The Labute approximate surface area is 102 Å². The van der Waals surface area contributed by atoms with Gasteiger partial charge in [0, 0.05) is 24.8 Å². The maximum Gasteiger partial charge on any atom is 0.0666 e. The van der Waals surface area contributed by atoms with E-state index in [1.54, 1.807) is 0 Å².